The second kappa shape index (κ2) is 5.07. The summed E-state index contributed by atoms with van der Waals surface area (Å²) in [6.45, 7) is 0.582. The van der Waals surface area contributed by atoms with E-state index < -0.39 is 0 Å². The molecule has 1 saturated carbocycles. The fraction of sp³-hybridized carbons (Fsp3) is 0.333. The number of rotatable bonds is 4. The van der Waals surface area contributed by atoms with Gasteiger partial charge in [-0.15, -0.1) is 0 Å². The van der Waals surface area contributed by atoms with Crippen LogP contribution in [0.5, 0.6) is 0 Å². The van der Waals surface area contributed by atoms with Crippen LogP contribution in [0.25, 0.3) is 0 Å². The number of nitrogens with zero attached hydrogens (tertiary/aromatic N) is 3. The number of halogens is 1. The maximum atomic E-state index is 13.2. The van der Waals surface area contributed by atoms with Crippen LogP contribution in [-0.2, 0) is 6.54 Å². The minimum atomic E-state index is -0.225. The Morgan fingerprint density at radius 1 is 1.30 bits per heavy atom. The molecule has 0 radical (unpaired) electrons. The van der Waals surface area contributed by atoms with Crippen LogP contribution in [0.2, 0.25) is 0 Å². The standard InChI is InChI=1S/C15H17FN4/c1-20(9-10-3-2-4-12(16)7-10)14-8-13(17)18-15(19-14)11-5-6-11/h2-4,7-8,11H,5-6,9H2,1H3,(H2,17,18,19). The molecule has 5 heteroatoms. The van der Waals surface area contributed by atoms with Gasteiger partial charge in [0.15, 0.2) is 0 Å². The monoisotopic (exact) mass is 272 g/mol. The predicted molar refractivity (Wildman–Crippen MR) is 76.9 cm³/mol. The van der Waals surface area contributed by atoms with E-state index in [1.54, 1.807) is 12.1 Å². The first kappa shape index (κ1) is 12.8. The zero-order chi connectivity index (χ0) is 14.1. The van der Waals surface area contributed by atoms with Crippen molar-refractivity contribution in [1.82, 2.24) is 9.97 Å². The first-order valence-electron chi connectivity index (χ1n) is 6.72. The van der Waals surface area contributed by atoms with E-state index in [1.165, 1.54) is 12.1 Å². The lowest BCUT2D eigenvalue weighted by molar-refractivity contribution is 0.625. The molecule has 1 aliphatic carbocycles. The molecule has 4 nitrogen and oxygen atoms in total. The first-order chi connectivity index (χ1) is 9.61. The Bertz CT molecular complexity index is 625. The molecule has 0 aliphatic heterocycles. The highest BCUT2D eigenvalue weighted by molar-refractivity contribution is 5.47. The van der Waals surface area contributed by atoms with Crippen LogP contribution in [0.4, 0.5) is 16.0 Å². The highest BCUT2D eigenvalue weighted by atomic mass is 19.1. The smallest absolute Gasteiger partial charge is 0.136 e. The van der Waals surface area contributed by atoms with Gasteiger partial charge in [-0.25, -0.2) is 14.4 Å². The number of nitrogen functional groups attached to an aromatic ring is 1. The summed E-state index contributed by atoms with van der Waals surface area (Å²) >= 11 is 0. The minimum absolute atomic E-state index is 0.225. The molecule has 104 valence electrons. The Morgan fingerprint density at radius 2 is 2.10 bits per heavy atom. The van der Waals surface area contributed by atoms with Crippen molar-refractivity contribution in [3.05, 3.63) is 47.5 Å². The summed E-state index contributed by atoms with van der Waals surface area (Å²) in [6.07, 6.45) is 2.27. The number of aromatic nitrogens is 2. The highest BCUT2D eigenvalue weighted by Crippen LogP contribution is 2.38. The molecule has 2 aromatic rings. The van der Waals surface area contributed by atoms with Crippen molar-refractivity contribution in [2.45, 2.75) is 25.3 Å². The van der Waals surface area contributed by atoms with E-state index in [-0.39, 0.29) is 5.82 Å². The van der Waals surface area contributed by atoms with Gasteiger partial charge in [0.25, 0.3) is 0 Å². The van der Waals surface area contributed by atoms with E-state index in [9.17, 15) is 4.39 Å². The summed E-state index contributed by atoms with van der Waals surface area (Å²) in [6, 6.07) is 8.33. The Balaban J connectivity index is 1.81. The van der Waals surface area contributed by atoms with Gasteiger partial charge in [0, 0.05) is 25.6 Å². The van der Waals surface area contributed by atoms with Gasteiger partial charge in [0.05, 0.1) is 0 Å². The van der Waals surface area contributed by atoms with Gasteiger partial charge >= 0.3 is 0 Å². The van der Waals surface area contributed by atoms with Crippen molar-refractivity contribution in [2.24, 2.45) is 0 Å². The molecule has 0 saturated heterocycles. The molecular formula is C15H17FN4. The van der Waals surface area contributed by atoms with Crippen molar-refractivity contribution < 1.29 is 4.39 Å². The Morgan fingerprint density at radius 3 is 2.80 bits per heavy atom. The molecule has 1 aromatic carbocycles. The van der Waals surface area contributed by atoms with Crippen molar-refractivity contribution in [3.63, 3.8) is 0 Å². The second-order valence-corrected chi connectivity index (χ2v) is 5.27. The average Bonchev–Trinajstić information content (AvgIpc) is 3.22. The van der Waals surface area contributed by atoms with E-state index in [2.05, 4.69) is 9.97 Å². The fourth-order valence-electron chi connectivity index (χ4n) is 2.18. The third-order valence-corrected chi connectivity index (χ3v) is 3.39. The van der Waals surface area contributed by atoms with Gasteiger partial charge in [-0.3, -0.25) is 0 Å². The number of benzene rings is 1. The van der Waals surface area contributed by atoms with Crippen LogP contribution >= 0.6 is 0 Å². The molecule has 1 aromatic heterocycles. The van der Waals surface area contributed by atoms with E-state index in [0.717, 1.165) is 30.0 Å². The van der Waals surface area contributed by atoms with Gasteiger partial charge in [-0.1, -0.05) is 12.1 Å². The van der Waals surface area contributed by atoms with E-state index in [4.69, 9.17) is 5.73 Å². The van der Waals surface area contributed by atoms with Crippen LogP contribution in [0, 0.1) is 5.82 Å². The summed E-state index contributed by atoms with van der Waals surface area (Å²) in [5.41, 5.74) is 6.74. The zero-order valence-electron chi connectivity index (χ0n) is 11.4. The molecule has 0 amide bonds. The molecule has 0 unspecified atom stereocenters. The Kier molecular flexibility index (Phi) is 3.26. The van der Waals surface area contributed by atoms with Crippen molar-refractivity contribution in [2.75, 3.05) is 17.7 Å². The molecule has 2 N–H and O–H groups in total. The quantitative estimate of drug-likeness (QED) is 0.929. The van der Waals surface area contributed by atoms with Crippen LogP contribution in [0.1, 0.15) is 30.1 Å². The Hall–Kier alpha value is -2.17. The van der Waals surface area contributed by atoms with Crippen LogP contribution in [0.3, 0.4) is 0 Å². The lowest BCUT2D eigenvalue weighted by Gasteiger charge is -2.19. The lowest BCUT2D eigenvalue weighted by Crippen LogP contribution is -2.19. The normalized spacial score (nSPS) is 14.3. The number of hydrogen-bond donors (Lipinski definition) is 1. The van der Waals surface area contributed by atoms with E-state index >= 15 is 0 Å². The van der Waals surface area contributed by atoms with Gasteiger partial charge in [-0.05, 0) is 30.5 Å². The molecule has 0 bridgehead atoms. The summed E-state index contributed by atoms with van der Waals surface area (Å²) in [5, 5.41) is 0. The van der Waals surface area contributed by atoms with Crippen molar-refractivity contribution in [1.29, 1.82) is 0 Å². The van der Waals surface area contributed by atoms with Crippen LogP contribution < -0.4 is 10.6 Å². The predicted octanol–water partition coefficient (Wildman–Crippen LogP) is 2.71. The summed E-state index contributed by atoms with van der Waals surface area (Å²) < 4.78 is 13.2. The minimum Gasteiger partial charge on any atom is -0.384 e. The maximum Gasteiger partial charge on any atom is 0.136 e. The fourth-order valence-corrected chi connectivity index (χ4v) is 2.18. The molecular weight excluding hydrogens is 255 g/mol. The lowest BCUT2D eigenvalue weighted by atomic mass is 10.2. The van der Waals surface area contributed by atoms with E-state index in [1.807, 2.05) is 18.0 Å². The molecule has 1 aliphatic rings. The van der Waals surface area contributed by atoms with Crippen molar-refractivity contribution in [3.8, 4) is 0 Å². The number of nitrogens with two attached hydrogens (primary N) is 1. The summed E-state index contributed by atoms with van der Waals surface area (Å²) in [5.74, 6) is 2.33. The van der Waals surface area contributed by atoms with Gasteiger partial charge in [0.1, 0.15) is 23.3 Å². The molecule has 0 spiro atoms. The third kappa shape index (κ3) is 2.87. The molecule has 1 heterocycles. The summed E-state index contributed by atoms with van der Waals surface area (Å²) in [4.78, 5) is 10.8. The van der Waals surface area contributed by atoms with Crippen LogP contribution in [-0.4, -0.2) is 17.0 Å². The molecule has 3 rings (SSSR count). The largest absolute Gasteiger partial charge is 0.384 e. The van der Waals surface area contributed by atoms with Gasteiger partial charge in [0.2, 0.25) is 0 Å². The average molecular weight is 272 g/mol. The summed E-state index contributed by atoms with van der Waals surface area (Å²) in [7, 11) is 1.92. The van der Waals surface area contributed by atoms with Crippen molar-refractivity contribution >= 4 is 11.6 Å². The third-order valence-electron chi connectivity index (χ3n) is 3.39. The van der Waals surface area contributed by atoms with E-state index in [0.29, 0.717) is 18.3 Å². The molecule has 20 heavy (non-hydrogen) atoms. The zero-order valence-corrected chi connectivity index (χ0v) is 11.4. The topological polar surface area (TPSA) is 55.0 Å². The van der Waals surface area contributed by atoms with Gasteiger partial charge in [-0.2, -0.15) is 0 Å². The molecule has 0 atom stereocenters. The Labute approximate surface area is 117 Å². The second-order valence-electron chi connectivity index (χ2n) is 5.27. The maximum absolute atomic E-state index is 13.2. The molecule has 1 fully saturated rings. The SMILES string of the molecule is CN(Cc1cccc(F)c1)c1cc(N)nc(C2CC2)n1. The van der Waals surface area contributed by atoms with Gasteiger partial charge < -0.3 is 10.6 Å². The van der Waals surface area contributed by atoms with Crippen LogP contribution in [0.15, 0.2) is 30.3 Å². The number of anilines is 2. The highest BCUT2D eigenvalue weighted by Gasteiger charge is 2.27. The number of hydrogen-bond acceptors (Lipinski definition) is 4. The first-order valence-corrected chi connectivity index (χ1v) is 6.72.